The van der Waals surface area contributed by atoms with Crippen molar-refractivity contribution < 1.29 is 18.3 Å². The van der Waals surface area contributed by atoms with Gasteiger partial charge in [-0.15, -0.1) is 0 Å². The van der Waals surface area contributed by atoms with Crippen molar-refractivity contribution >= 4 is 17.3 Å². The molecule has 1 unspecified atom stereocenters. The molecule has 0 aromatic carbocycles. The van der Waals surface area contributed by atoms with Gasteiger partial charge in [0.2, 0.25) is 0 Å². The van der Waals surface area contributed by atoms with E-state index in [0.717, 1.165) is 10.9 Å². The molecule has 102 valence electrons. The van der Waals surface area contributed by atoms with E-state index in [1.807, 2.05) is 0 Å². The van der Waals surface area contributed by atoms with Crippen LogP contribution >= 0.6 is 11.6 Å². The maximum absolute atomic E-state index is 12.0. The van der Waals surface area contributed by atoms with Gasteiger partial charge >= 0.3 is 6.18 Å². The van der Waals surface area contributed by atoms with Crippen molar-refractivity contribution in [3.8, 4) is 0 Å². The Balaban J connectivity index is 2.81. The van der Waals surface area contributed by atoms with Crippen molar-refractivity contribution in [3.63, 3.8) is 0 Å². The Morgan fingerprint density at radius 2 is 2.22 bits per heavy atom. The second-order valence-corrected chi connectivity index (χ2v) is 3.81. The quantitative estimate of drug-likeness (QED) is 0.874. The Morgan fingerprint density at radius 1 is 1.61 bits per heavy atom. The Hall–Kier alpha value is -1.28. The van der Waals surface area contributed by atoms with Crippen LogP contribution < -0.4 is 10.9 Å². The Bertz CT molecular complexity index is 475. The van der Waals surface area contributed by atoms with Crippen LogP contribution in [-0.2, 0) is 6.54 Å². The summed E-state index contributed by atoms with van der Waals surface area (Å²) in [7, 11) is 0. The Labute approximate surface area is 105 Å². The van der Waals surface area contributed by atoms with Gasteiger partial charge in [-0.3, -0.25) is 4.79 Å². The zero-order valence-electron chi connectivity index (χ0n) is 9.33. The molecule has 0 saturated heterocycles. The predicted octanol–water partition coefficient (Wildman–Crippen LogP) is 1.25. The highest BCUT2D eigenvalue weighted by molar-refractivity contribution is 6.32. The number of halogens is 4. The van der Waals surface area contributed by atoms with E-state index < -0.39 is 24.4 Å². The molecule has 0 aliphatic heterocycles. The number of alkyl halides is 3. The fourth-order valence-electron chi connectivity index (χ4n) is 1.14. The lowest BCUT2D eigenvalue weighted by Gasteiger charge is -2.16. The van der Waals surface area contributed by atoms with Crippen LogP contribution in [0.5, 0.6) is 0 Å². The van der Waals surface area contributed by atoms with Crippen molar-refractivity contribution in [2.45, 2.75) is 25.7 Å². The number of nitrogens with zero attached hydrogens (tertiary/aromatic N) is 2. The lowest BCUT2D eigenvalue weighted by atomic mass is 10.3. The highest BCUT2D eigenvalue weighted by atomic mass is 35.5. The van der Waals surface area contributed by atoms with Gasteiger partial charge in [-0.2, -0.15) is 18.3 Å². The predicted molar refractivity (Wildman–Crippen MR) is 59.7 cm³/mol. The molecule has 0 fully saturated rings. The zero-order valence-corrected chi connectivity index (χ0v) is 10.1. The summed E-state index contributed by atoms with van der Waals surface area (Å²) >= 11 is 5.68. The fourth-order valence-corrected chi connectivity index (χ4v) is 1.35. The number of hydrogen-bond acceptors (Lipinski definition) is 4. The third-order valence-corrected chi connectivity index (χ3v) is 2.51. The molecule has 0 spiro atoms. The van der Waals surface area contributed by atoms with E-state index in [-0.39, 0.29) is 10.7 Å². The first kappa shape index (κ1) is 14.8. The standard InChI is InChI=1S/C9H11ClF3N3O2/c1-2-16-8(18)7(10)5(3-15-16)14-4-6(17)9(11,12)13/h3,6,14,17H,2,4H2,1H3. The lowest BCUT2D eigenvalue weighted by molar-refractivity contribution is -0.198. The first-order valence-electron chi connectivity index (χ1n) is 5.01. The Kier molecular flexibility index (Phi) is 4.58. The van der Waals surface area contributed by atoms with E-state index in [9.17, 15) is 18.0 Å². The first-order chi connectivity index (χ1) is 8.27. The van der Waals surface area contributed by atoms with Gasteiger partial charge in [0.15, 0.2) is 6.10 Å². The van der Waals surface area contributed by atoms with Crippen molar-refractivity contribution in [1.82, 2.24) is 9.78 Å². The molecule has 0 amide bonds. The number of aryl methyl sites for hydroxylation is 1. The molecular formula is C9H11ClF3N3O2. The number of nitrogens with one attached hydrogen (secondary N) is 1. The van der Waals surface area contributed by atoms with Gasteiger partial charge in [-0.25, -0.2) is 4.68 Å². The van der Waals surface area contributed by atoms with Crippen molar-refractivity contribution in [1.29, 1.82) is 0 Å². The molecule has 1 rings (SSSR count). The summed E-state index contributed by atoms with van der Waals surface area (Å²) in [5.41, 5.74) is -0.652. The molecule has 18 heavy (non-hydrogen) atoms. The van der Waals surface area contributed by atoms with Crippen LogP contribution in [0.2, 0.25) is 5.02 Å². The summed E-state index contributed by atoms with van der Waals surface area (Å²) in [5.74, 6) is 0. The van der Waals surface area contributed by atoms with E-state index in [0.29, 0.717) is 6.54 Å². The monoisotopic (exact) mass is 285 g/mol. The van der Waals surface area contributed by atoms with Gasteiger partial charge in [0.25, 0.3) is 5.56 Å². The summed E-state index contributed by atoms with van der Waals surface area (Å²) in [4.78, 5) is 11.5. The average molecular weight is 286 g/mol. The third kappa shape index (κ3) is 3.36. The minimum Gasteiger partial charge on any atom is -0.382 e. The van der Waals surface area contributed by atoms with Gasteiger partial charge in [0.05, 0.1) is 11.9 Å². The van der Waals surface area contributed by atoms with Crippen LogP contribution in [0.4, 0.5) is 18.9 Å². The zero-order chi connectivity index (χ0) is 13.9. The minimum absolute atomic E-state index is 0.0466. The molecule has 0 aliphatic rings. The second-order valence-electron chi connectivity index (χ2n) is 3.43. The van der Waals surface area contributed by atoms with E-state index >= 15 is 0 Å². The van der Waals surface area contributed by atoms with Crippen LogP contribution in [-0.4, -0.2) is 33.7 Å². The normalized spacial score (nSPS) is 13.4. The van der Waals surface area contributed by atoms with Gasteiger partial charge in [-0.1, -0.05) is 11.6 Å². The molecule has 0 radical (unpaired) electrons. The average Bonchev–Trinajstić information content (AvgIpc) is 2.29. The molecule has 1 aromatic rings. The molecule has 0 saturated carbocycles. The van der Waals surface area contributed by atoms with E-state index in [1.54, 1.807) is 6.92 Å². The van der Waals surface area contributed by atoms with Crippen molar-refractivity contribution in [2.24, 2.45) is 0 Å². The first-order valence-corrected chi connectivity index (χ1v) is 5.39. The van der Waals surface area contributed by atoms with Gasteiger partial charge in [-0.05, 0) is 6.92 Å². The van der Waals surface area contributed by atoms with Crippen LogP contribution in [0.3, 0.4) is 0 Å². The van der Waals surface area contributed by atoms with Crippen LogP contribution in [0.1, 0.15) is 6.92 Å². The molecule has 5 nitrogen and oxygen atoms in total. The highest BCUT2D eigenvalue weighted by Gasteiger charge is 2.37. The maximum atomic E-state index is 12.0. The fraction of sp³-hybridized carbons (Fsp3) is 0.556. The summed E-state index contributed by atoms with van der Waals surface area (Å²) in [6, 6.07) is 0. The number of aromatic nitrogens is 2. The number of anilines is 1. The van der Waals surface area contributed by atoms with Crippen LogP contribution in [0.25, 0.3) is 0 Å². The number of aliphatic hydroxyl groups excluding tert-OH is 1. The Morgan fingerprint density at radius 3 is 2.72 bits per heavy atom. The summed E-state index contributed by atoms with van der Waals surface area (Å²) in [5, 5.41) is 14.4. The van der Waals surface area contributed by atoms with Crippen molar-refractivity contribution in [2.75, 3.05) is 11.9 Å². The molecule has 1 atom stereocenters. The van der Waals surface area contributed by atoms with Crippen molar-refractivity contribution in [3.05, 3.63) is 21.6 Å². The third-order valence-electron chi connectivity index (χ3n) is 2.15. The minimum atomic E-state index is -4.73. The maximum Gasteiger partial charge on any atom is 0.416 e. The summed E-state index contributed by atoms with van der Waals surface area (Å²) in [6.45, 7) is 1.16. The van der Waals surface area contributed by atoms with Gasteiger partial charge in [0, 0.05) is 13.1 Å². The largest absolute Gasteiger partial charge is 0.416 e. The lowest BCUT2D eigenvalue weighted by Crippen LogP contribution is -2.35. The molecule has 2 N–H and O–H groups in total. The molecular weight excluding hydrogens is 275 g/mol. The van der Waals surface area contributed by atoms with Crippen LogP contribution in [0, 0.1) is 0 Å². The highest BCUT2D eigenvalue weighted by Crippen LogP contribution is 2.21. The smallest absolute Gasteiger partial charge is 0.382 e. The molecule has 1 heterocycles. The summed E-state index contributed by atoms with van der Waals surface area (Å²) < 4.78 is 37.2. The van der Waals surface area contributed by atoms with E-state index in [2.05, 4.69) is 10.4 Å². The molecule has 1 aromatic heterocycles. The SMILES string of the molecule is CCn1ncc(NCC(O)C(F)(F)F)c(Cl)c1=O. The van der Waals surface area contributed by atoms with E-state index in [4.69, 9.17) is 16.7 Å². The number of rotatable bonds is 4. The topological polar surface area (TPSA) is 67.2 Å². The molecule has 9 heteroatoms. The number of aliphatic hydroxyl groups is 1. The number of hydrogen-bond donors (Lipinski definition) is 2. The summed E-state index contributed by atoms with van der Waals surface area (Å²) in [6.07, 6.45) is -6.14. The molecule has 0 aliphatic carbocycles. The van der Waals surface area contributed by atoms with E-state index in [1.165, 1.54) is 0 Å². The van der Waals surface area contributed by atoms with Gasteiger partial charge < -0.3 is 10.4 Å². The van der Waals surface area contributed by atoms with Gasteiger partial charge in [0.1, 0.15) is 5.02 Å². The van der Waals surface area contributed by atoms with Crippen LogP contribution in [0.15, 0.2) is 11.0 Å². The second kappa shape index (κ2) is 5.57. The molecule has 0 bridgehead atoms.